The van der Waals surface area contributed by atoms with Crippen LogP contribution in [0.5, 0.6) is 0 Å². The molecule has 30 heavy (non-hydrogen) atoms. The van der Waals surface area contributed by atoms with Crippen LogP contribution in [0.3, 0.4) is 0 Å². The second-order valence-corrected chi connectivity index (χ2v) is 8.50. The highest BCUT2D eigenvalue weighted by Crippen LogP contribution is 2.36. The lowest BCUT2D eigenvalue weighted by Crippen LogP contribution is -2.32. The fourth-order valence-electron chi connectivity index (χ4n) is 4.42. The van der Waals surface area contributed by atoms with E-state index in [9.17, 15) is 13.5 Å². The SMILES string of the molecule is O=[SH](=O)NC[C@@H]1O[C@@H](n2ccc3c(N[C@H]4CCc5ccccc54)ncnc32)C[C@@H]1O. The topological polar surface area (TPSA) is 118 Å². The van der Waals surface area contributed by atoms with Crippen molar-refractivity contribution >= 4 is 27.7 Å². The minimum Gasteiger partial charge on any atom is -0.390 e. The number of aliphatic hydroxyl groups excluding tert-OH is 1. The van der Waals surface area contributed by atoms with Crippen molar-refractivity contribution in [3.8, 4) is 0 Å². The number of fused-ring (bicyclic) bond motifs is 2. The molecule has 3 N–H and O–H groups in total. The zero-order valence-electron chi connectivity index (χ0n) is 16.1. The molecule has 2 aliphatic rings. The normalized spacial score (nSPS) is 25.8. The van der Waals surface area contributed by atoms with E-state index in [4.69, 9.17) is 4.74 Å². The quantitative estimate of drug-likeness (QED) is 0.436. The van der Waals surface area contributed by atoms with E-state index in [1.807, 2.05) is 16.8 Å². The van der Waals surface area contributed by atoms with Crippen molar-refractivity contribution in [2.75, 3.05) is 11.9 Å². The molecule has 9 nitrogen and oxygen atoms in total. The minimum atomic E-state index is -2.73. The summed E-state index contributed by atoms with van der Waals surface area (Å²) in [6.07, 6.45) is 4.02. The molecule has 1 aliphatic heterocycles. The molecule has 1 aliphatic carbocycles. The van der Waals surface area contributed by atoms with E-state index < -0.39 is 29.3 Å². The number of thiol groups is 1. The Morgan fingerprint density at radius 2 is 2.10 bits per heavy atom. The Bertz CT molecular complexity index is 1140. The highest BCUT2D eigenvalue weighted by molar-refractivity contribution is 7.70. The van der Waals surface area contributed by atoms with Crippen LogP contribution >= 0.6 is 0 Å². The van der Waals surface area contributed by atoms with Crippen LogP contribution in [0.2, 0.25) is 0 Å². The summed E-state index contributed by atoms with van der Waals surface area (Å²) < 4.78 is 31.6. The van der Waals surface area contributed by atoms with Crippen molar-refractivity contribution < 1.29 is 18.3 Å². The molecule has 3 aromatic rings. The van der Waals surface area contributed by atoms with Gasteiger partial charge >= 0.3 is 0 Å². The highest BCUT2D eigenvalue weighted by atomic mass is 32.2. The number of aryl methyl sites for hydroxylation is 1. The maximum Gasteiger partial charge on any atom is 0.201 e. The molecule has 0 spiro atoms. The van der Waals surface area contributed by atoms with E-state index in [0.717, 1.165) is 24.0 Å². The monoisotopic (exact) mass is 429 g/mol. The third kappa shape index (κ3) is 3.56. The molecule has 0 saturated carbocycles. The number of aromatic nitrogens is 3. The second kappa shape index (κ2) is 7.95. The first-order valence-electron chi connectivity index (χ1n) is 9.97. The molecule has 3 heterocycles. The number of nitrogens with zero attached hydrogens (tertiary/aromatic N) is 3. The molecule has 1 saturated heterocycles. The lowest BCUT2D eigenvalue weighted by atomic mass is 10.1. The van der Waals surface area contributed by atoms with Crippen LogP contribution < -0.4 is 10.0 Å². The Kier molecular flexibility index (Phi) is 5.15. The Balaban J connectivity index is 1.38. The van der Waals surface area contributed by atoms with Gasteiger partial charge in [-0.15, -0.1) is 0 Å². The lowest BCUT2D eigenvalue weighted by molar-refractivity contribution is -0.0129. The van der Waals surface area contributed by atoms with E-state index in [1.54, 1.807) is 0 Å². The standard InChI is InChI=1S/C20H23N5O4S/c26-16-9-18(29-17(16)10-23-30(27)28)25-8-7-14-19(21-11-22-20(14)25)24-15-6-5-12-3-1-2-4-13(12)15/h1-4,7-8,11,15-18,26,30H,5-6,9-10H2,(H,21,22,24)(H,23,27,28)/t15-,16-,17-,18+/m0/s1. The molecule has 5 rings (SSSR count). The van der Waals surface area contributed by atoms with Crippen LogP contribution in [-0.2, 0) is 22.0 Å². The summed E-state index contributed by atoms with van der Waals surface area (Å²) in [5.41, 5.74) is 3.38. The zero-order chi connectivity index (χ0) is 20.7. The zero-order valence-corrected chi connectivity index (χ0v) is 17.0. The number of ether oxygens (including phenoxy) is 1. The molecule has 2 aromatic heterocycles. The molecule has 0 radical (unpaired) electrons. The molecule has 10 heteroatoms. The average Bonchev–Trinajstić information content (AvgIpc) is 3.44. The van der Waals surface area contributed by atoms with Gasteiger partial charge < -0.3 is 19.7 Å². The Hall–Kier alpha value is -2.53. The fourth-order valence-corrected chi connectivity index (χ4v) is 4.75. The molecular formula is C20H23N5O4S. The first-order valence-corrected chi connectivity index (χ1v) is 11.1. The van der Waals surface area contributed by atoms with Crippen molar-refractivity contribution in [2.24, 2.45) is 0 Å². The maximum absolute atomic E-state index is 10.8. The van der Waals surface area contributed by atoms with Gasteiger partial charge in [0.2, 0.25) is 10.9 Å². The predicted molar refractivity (Wildman–Crippen MR) is 112 cm³/mol. The van der Waals surface area contributed by atoms with Crippen LogP contribution in [0.15, 0.2) is 42.9 Å². The van der Waals surface area contributed by atoms with Gasteiger partial charge in [0.1, 0.15) is 24.0 Å². The molecule has 1 aromatic carbocycles. The van der Waals surface area contributed by atoms with Crippen LogP contribution in [0, 0.1) is 0 Å². The Labute approximate surface area is 175 Å². The van der Waals surface area contributed by atoms with Gasteiger partial charge in [0, 0.05) is 19.2 Å². The smallest absolute Gasteiger partial charge is 0.201 e. The maximum atomic E-state index is 10.8. The summed E-state index contributed by atoms with van der Waals surface area (Å²) in [6, 6.07) is 10.6. The molecule has 0 amide bonds. The van der Waals surface area contributed by atoms with Gasteiger partial charge in [0.05, 0.1) is 23.6 Å². The molecule has 0 bridgehead atoms. The van der Waals surface area contributed by atoms with Crippen molar-refractivity contribution in [3.63, 3.8) is 0 Å². The summed E-state index contributed by atoms with van der Waals surface area (Å²) in [7, 11) is -2.73. The van der Waals surface area contributed by atoms with Crippen molar-refractivity contribution in [1.82, 2.24) is 19.3 Å². The molecule has 4 atom stereocenters. The number of hydrogen-bond donors (Lipinski definition) is 4. The third-order valence-electron chi connectivity index (χ3n) is 5.89. The number of hydrogen-bond acceptors (Lipinski definition) is 7. The third-order valence-corrected chi connectivity index (χ3v) is 6.33. The molecular weight excluding hydrogens is 406 g/mol. The first kappa shape index (κ1) is 19.4. The Morgan fingerprint density at radius 1 is 1.23 bits per heavy atom. The average molecular weight is 430 g/mol. The van der Waals surface area contributed by atoms with E-state index in [1.165, 1.54) is 17.5 Å². The van der Waals surface area contributed by atoms with Crippen LogP contribution in [0.25, 0.3) is 11.0 Å². The second-order valence-electron chi connectivity index (χ2n) is 7.67. The molecule has 0 unspecified atom stereocenters. The summed E-state index contributed by atoms with van der Waals surface area (Å²) in [4.78, 5) is 8.89. The van der Waals surface area contributed by atoms with E-state index >= 15 is 0 Å². The van der Waals surface area contributed by atoms with Crippen molar-refractivity contribution in [1.29, 1.82) is 0 Å². The van der Waals surface area contributed by atoms with Crippen LogP contribution in [-0.4, -0.2) is 46.8 Å². The number of nitrogens with one attached hydrogen (secondary N) is 2. The van der Waals surface area contributed by atoms with Gasteiger partial charge in [-0.1, -0.05) is 24.3 Å². The van der Waals surface area contributed by atoms with Crippen molar-refractivity contribution in [3.05, 3.63) is 54.0 Å². The highest BCUT2D eigenvalue weighted by Gasteiger charge is 2.35. The van der Waals surface area contributed by atoms with E-state index in [-0.39, 0.29) is 12.6 Å². The number of rotatable bonds is 6. The predicted octanol–water partition coefficient (Wildman–Crippen LogP) is 1.30. The summed E-state index contributed by atoms with van der Waals surface area (Å²) in [5, 5.41) is 14.7. The van der Waals surface area contributed by atoms with Gasteiger partial charge in [0.25, 0.3) is 0 Å². The van der Waals surface area contributed by atoms with Crippen LogP contribution in [0.4, 0.5) is 5.82 Å². The number of aliphatic hydroxyl groups is 1. The van der Waals surface area contributed by atoms with Gasteiger partial charge in [-0.05, 0) is 30.0 Å². The van der Waals surface area contributed by atoms with Gasteiger partial charge in [-0.25, -0.2) is 23.1 Å². The van der Waals surface area contributed by atoms with Gasteiger partial charge in [-0.3, -0.25) is 0 Å². The van der Waals surface area contributed by atoms with E-state index in [2.05, 4.69) is 44.3 Å². The largest absolute Gasteiger partial charge is 0.390 e. The fraction of sp³-hybridized carbons (Fsp3) is 0.400. The summed E-state index contributed by atoms with van der Waals surface area (Å²) >= 11 is 0. The number of anilines is 1. The molecule has 158 valence electrons. The van der Waals surface area contributed by atoms with Crippen LogP contribution in [0.1, 0.15) is 36.2 Å². The summed E-state index contributed by atoms with van der Waals surface area (Å²) in [6.45, 7) is 0.0401. The molecule has 1 fully saturated rings. The van der Waals surface area contributed by atoms with E-state index in [0.29, 0.717) is 12.1 Å². The Morgan fingerprint density at radius 3 is 2.97 bits per heavy atom. The first-order chi connectivity index (χ1) is 14.6. The van der Waals surface area contributed by atoms with Gasteiger partial charge in [0.15, 0.2) is 0 Å². The summed E-state index contributed by atoms with van der Waals surface area (Å²) in [5.74, 6) is 0.764. The number of benzene rings is 1. The lowest BCUT2D eigenvalue weighted by Gasteiger charge is -2.17. The minimum absolute atomic E-state index is 0.0401. The van der Waals surface area contributed by atoms with Crippen molar-refractivity contribution in [2.45, 2.75) is 43.7 Å². The van der Waals surface area contributed by atoms with Gasteiger partial charge in [-0.2, -0.15) is 0 Å².